The van der Waals surface area contributed by atoms with Crippen LogP contribution in [-0.4, -0.2) is 58.6 Å². The van der Waals surface area contributed by atoms with E-state index in [1.54, 1.807) is 30.3 Å². The highest BCUT2D eigenvalue weighted by Gasteiger charge is 2.29. The largest absolute Gasteiger partial charge is 0.454 e. The summed E-state index contributed by atoms with van der Waals surface area (Å²) < 4.78 is 37.6. The van der Waals surface area contributed by atoms with Gasteiger partial charge in [-0.25, -0.2) is 8.42 Å². The molecule has 2 aromatic carbocycles. The highest BCUT2D eigenvalue weighted by molar-refractivity contribution is 7.89. The van der Waals surface area contributed by atoms with Gasteiger partial charge in [0.05, 0.1) is 38.1 Å². The van der Waals surface area contributed by atoms with Crippen LogP contribution < -0.4 is 19.7 Å². The Morgan fingerprint density at radius 3 is 2.43 bits per heavy atom. The maximum Gasteiger partial charge on any atom is 0.255 e. The van der Waals surface area contributed by atoms with Crippen LogP contribution in [0.5, 0.6) is 11.5 Å². The zero-order chi connectivity index (χ0) is 19.7. The van der Waals surface area contributed by atoms with Gasteiger partial charge < -0.3 is 19.7 Å². The molecule has 148 valence electrons. The molecule has 2 aromatic rings. The van der Waals surface area contributed by atoms with Crippen LogP contribution in [0.1, 0.15) is 10.4 Å². The molecule has 2 aliphatic rings. The standard InChI is InChI=1S/C19H21N3O5S/c1-21-8-10-22(11-9-21)28(24,25)16-5-3-15(4-6-16)20-19(23)14-2-7-17-18(12-14)27-13-26-17/h2-7,12H,8-11,13H2,1H3,(H,20,23)/p+1. The number of piperazine rings is 1. The number of carbonyl (C=O) groups excluding carboxylic acids is 1. The van der Waals surface area contributed by atoms with Crippen LogP contribution in [0.4, 0.5) is 5.69 Å². The van der Waals surface area contributed by atoms with Crippen LogP contribution in [0.2, 0.25) is 0 Å². The zero-order valence-electron chi connectivity index (χ0n) is 15.5. The summed E-state index contributed by atoms with van der Waals surface area (Å²) in [7, 11) is -1.46. The Bertz CT molecular complexity index is 983. The molecule has 2 aliphatic heterocycles. The van der Waals surface area contributed by atoms with Crippen molar-refractivity contribution in [2.75, 3.05) is 45.3 Å². The van der Waals surface area contributed by atoms with E-state index in [1.807, 2.05) is 0 Å². The number of anilines is 1. The van der Waals surface area contributed by atoms with Gasteiger partial charge in [-0.2, -0.15) is 4.31 Å². The Kier molecular flexibility index (Phi) is 4.96. The van der Waals surface area contributed by atoms with Gasteiger partial charge in [0.15, 0.2) is 11.5 Å². The third-order valence-electron chi connectivity index (χ3n) is 4.96. The first-order valence-electron chi connectivity index (χ1n) is 9.06. The molecule has 0 saturated carbocycles. The first kappa shape index (κ1) is 18.7. The molecule has 4 rings (SSSR count). The summed E-state index contributed by atoms with van der Waals surface area (Å²) in [6.07, 6.45) is 0. The van der Waals surface area contributed by atoms with Crippen LogP contribution in [-0.2, 0) is 10.0 Å². The van der Waals surface area contributed by atoms with Crippen molar-refractivity contribution in [3.8, 4) is 11.5 Å². The van der Waals surface area contributed by atoms with E-state index in [0.29, 0.717) is 35.8 Å². The van der Waals surface area contributed by atoms with Gasteiger partial charge in [0.2, 0.25) is 16.8 Å². The fraction of sp³-hybridized carbons (Fsp3) is 0.316. The van der Waals surface area contributed by atoms with Gasteiger partial charge in [-0.15, -0.1) is 0 Å². The number of fused-ring (bicyclic) bond motifs is 1. The average molecular weight is 404 g/mol. The van der Waals surface area contributed by atoms with E-state index < -0.39 is 10.0 Å². The molecular formula is C19H22N3O5S+. The number of hydrogen-bond donors (Lipinski definition) is 2. The van der Waals surface area contributed by atoms with Crippen molar-refractivity contribution >= 4 is 21.6 Å². The molecule has 1 saturated heterocycles. The molecule has 0 bridgehead atoms. The van der Waals surface area contributed by atoms with Gasteiger partial charge in [-0.05, 0) is 42.5 Å². The molecule has 0 atom stereocenters. The SMILES string of the molecule is C[NH+]1CCN(S(=O)(=O)c2ccc(NC(=O)c3ccc4c(c3)OCO4)cc2)CC1. The van der Waals surface area contributed by atoms with Crippen LogP contribution in [0, 0.1) is 0 Å². The number of amides is 1. The lowest BCUT2D eigenvalue weighted by Crippen LogP contribution is -3.12. The number of benzene rings is 2. The summed E-state index contributed by atoms with van der Waals surface area (Å²) in [5.74, 6) is 0.829. The second-order valence-corrected chi connectivity index (χ2v) is 8.85. The lowest BCUT2D eigenvalue weighted by molar-refractivity contribution is -0.883. The number of nitrogens with one attached hydrogen (secondary N) is 2. The molecule has 8 nitrogen and oxygen atoms in total. The number of sulfonamides is 1. The van der Waals surface area contributed by atoms with E-state index in [1.165, 1.54) is 21.3 Å². The lowest BCUT2D eigenvalue weighted by Gasteiger charge is -2.29. The van der Waals surface area contributed by atoms with Gasteiger partial charge in [-0.1, -0.05) is 0 Å². The smallest absolute Gasteiger partial charge is 0.255 e. The predicted octanol–water partition coefficient (Wildman–Crippen LogP) is 0.187. The summed E-state index contributed by atoms with van der Waals surface area (Å²) >= 11 is 0. The van der Waals surface area contributed by atoms with E-state index >= 15 is 0 Å². The summed E-state index contributed by atoms with van der Waals surface area (Å²) in [5, 5.41) is 2.77. The monoisotopic (exact) mass is 404 g/mol. The quantitative estimate of drug-likeness (QED) is 0.759. The molecule has 0 spiro atoms. The molecular weight excluding hydrogens is 382 g/mol. The van der Waals surface area contributed by atoms with Crippen molar-refractivity contribution in [1.82, 2.24) is 4.31 Å². The van der Waals surface area contributed by atoms with Gasteiger partial charge >= 0.3 is 0 Å². The van der Waals surface area contributed by atoms with Crippen molar-refractivity contribution in [3.05, 3.63) is 48.0 Å². The highest BCUT2D eigenvalue weighted by Crippen LogP contribution is 2.32. The normalized spacial score (nSPS) is 17.5. The Morgan fingerprint density at radius 1 is 1.04 bits per heavy atom. The number of likely N-dealkylation sites (N-methyl/N-ethyl adjacent to an activating group) is 1. The third kappa shape index (κ3) is 3.68. The maximum atomic E-state index is 12.8. The van der Waals surface area contributed by atoms with Gasteiger partial charge in [0.25, 0.3) is 5.91 Å². The molecule has 28 heavy (non-hydrogen) atoms. The summed E-state index contributed by atoms with van der Waals surface area (Å²) in [4.78, 5) is 14.0. The summed E-state index contributed by atoms with van der Waals surface area (Å²) in [5.41, 5.74) is 0.949. The Morgan fingerprint density at radius 2 is 1.71 bits per heavy atom. The summed E-state index contributed by atoms with van der Waals surface area (Å²) in [6, 6.07) is 11.2. The summed E-state index contributed by atoms with van der Waals surface area (Å²) in [6.45, 7) is 2.75. The number of rotatable bonds is 4. The minimum Gasteiger partial charge on any atom is -0.454 e. The predicted molar refractivity (Wildman–Crippen MR) is 102 cm³/mol. The molecule has 1 fully saturated rings. The van der Waals surface area contributed by atoms with E-state index in [4.69, 9.17) is 9.47 Å². The van der Waals surface area contributed by atoms with Crippen molar-refractivity contribution in [2.24, 2.45) is 0 Å². The van der Waals surface area contributed by atoms with E-state index in [-0.39, 0.29) is 17.6 Å². The third-order valence-corrected chi connectivity index (χ3v) is 6.87. The lowest BCUT2D eigenvalue weighted by atomic mass is 10.2. The van der Waals surface area contributed by atoms with Crippen molar-refractivity contribution in [2.45, 2.75) is 4.90 Å². The second kappa shape index (κ2) is 7.42. The second-order valence-electron chi connectivity index (χ2n) is 6.91. The van der Waals surface area contributed by atoms with E-state index in [0.717, 1.165) is 13.1 Å². The number of hydrogen-bond acceptors (Lipinski definition) is 5. The van der Waals surface area contributed by atoms with Crippen molar-refractivity contribution < 1.29 is 27.6 Å². The molecule has 2 N–H and O–H groups in total. The van der Waals surface area contributed by atoms with Crippen LogP contribution in [0.3, 0.4) is 0 Å². The Balaban J connectivity index is 1.45. The minimum atomic E-state index is -3.51. The van der Waals surface area contributed by atoms with E-state index in [9.17, 15) is 13.2 Å². The van der Waals surface area contributed by atoms with Crippen LogP contribution in [0.15, 0.2) is 47.4 Å². The number of quaternary nitrogens is 1. The number of carbonyl (C=O) groups is 1. The Labute approximate surface area is 163 Å². The fourth-order valence-corrected chi connectivity index (χ4v) is 4.65. The average Bonchev–Trinajstić information content (AvgIpc) is 3.16. The molecule has 0 unspecified atom stereocenters. The fourth-order valence-electron chi connectivity index (χ4n) is 3.21. The van der Waals surface area contributed by atoms with E-state index in [2.05, 4.69) is 12.4 Å². The van der Waals surface area contributed by atoms with Gasteiger partial charge in [0.1, 0.15) is 0 Å². The first-order valence-corrected chi connectivity index (χ1v) is 10.5. The van der Waals surface area contributed by atoms with Crippen molar-refractivity contribution in [1.29, 1.82) is 0 Å². The maximum absolute atomic E-state index is 12.8. The molecule has 1 amide bonds. The zero-order valence-corrected chi connectivity index (χ0v) is 16.3. The topological polar surface area (TPSA) is 89.4 Å². The Hall–Kier alpha value is -2.62. The van der Waals surface area contributed by atoms with Crippen LogP contribution in [0.25, 0.3) is 0 Å². The van der Waals surface area contributed by atoms with Crippen molar-refractivity contribution in [3.63, 3.8) is 0 Å². The van der Waals surface area contributed by atoms with Gasteiger partial charge in [0, 0.05) is 11.3 Å². The highest BCUT2D eigenvalue weighted by atomic mass is 32.2. The molecule has 0 aromatic heterocycles. The van der Waals surface area contributed by atoms with Crippen LogP contribution >= 0.6 is 0 Å². The first-order chi connectivity index (χ1) is 13.4. The molecule has 0 radical (unpaired) electrons. The van der Waals surface area contributed by atoms with Gasteiger partial charge in [-0.3, -0.25) is 4.79 Å². The molecule has 9 heteroatoms. The minimum absolute atomic E-state index is 0.144. The number of nitrogens with zero attached hydrogens (tertiary/aromatic N) is 1. The number of ether oxygens (including phenoxy) is 2. The molecule has 2 heterocycles. The molecule has 0 aliphatic carbocycles.